The molecule has 1 amide bonds. The Morgan fingerprint density at radius 2 is 1.95 bits per heavy atom. The Kier molecular flexibility index (Phi) is 4.19. The van der Waals surface area contributed by atoms with Gasteiger partial charge >= 0.3 is 0 Å². The Morgan fingerprint density at radius 3 is 2.68 bits per heavy atom. The second kappa shape index (κ2) is 5.69. The SMILES string of the molecule is O=C(Nc1ncnc(Cl)c1Cl)c1cc(Cl)ccc1F. The van der Waals surface area contributed by atoms with Gasteiger partial charge in [0.05, 0.1) is 5.56 Å². The highest BCUT2D eigenvalue weighted by Crippen LogP contribution is 2.26. The van der Waals surface area contributed by atoms with Crippen LogP contribution < -0.4 is 5.32 Å². The Balaban J connectivity index is 2.31. The molecule has 0 aliphatic heterocycles. The molecule has 8 heteroatoms. The predicted molar refractivity (Wildman–Crippen MR) is 71.4 cm³/mol. The van der Waals surface area contributed by atoms with Gasteiger partial charge in [0.1, 0.15) is 17.2 Å². The lowest BCUT2D eigenvalue weighted by Crippen LogP contribution is -2.15. The number of carbonyl (C=O) groups excluding carboxylic acids is 1. The van der Waals surface area contributed by atoms with E-state index in [1.54, 1.807) is 0 Å². The molecule has 0 aliphatic carbocycles. The predicted octanol–water partition coefficient (Wildman–Crippen LogP) is 3.83. The van der Waals surface area contributed by atoms with Gasteiger partial charge < -0.3 is 5.32 Å². The number of hydrogen-bond acceptors (Lipinski definition) is 3. The number of hydrogen-bond donors (Lipinski definition) is 1. The Labute approximate surface area is 122 Å². The largest absolute Gasteiger partial charge is 0.305 e. The van der Waals surface area contributed by atoms with Gasteiger partial charge in [-0.05, 0) is 18.2 Å². The minimum absolute atomic E-state index is 0.00829. The van der Waals surface area contributed by atoms with Crippen LogP contribution in [-0.2, 0) is 0 Å². The van der Waals surface area contributed by atoms with Crippen molar-refractivity contribution < 1.29 is 9.18 Å². The fourth-order valence-electron chi connectivity index (χ4n) is 1.28. The summed E-state index contributed by atoms with van der Waals surface area (Å²) in [5.74, 6) is -1.46. The maximum absolute atomic E-state index is 13.5. The summed E-state index contributed by atoms with van der Waals surface area (Å²) in [5.41, 5.74) is -0.224. The van der Waals surface area contributed by atoms with Crippen LogP contribution >= 0.6 is 34.8 Å². The van der Waals surface area contributed by atoms with Crippen LogP contribution in [0.4, 0.5) is 10.2 Å². The summed E-state index contributed by atoms with van der Waals surface area (Å²) in [7, 11) is 0. The molecule has 0 aliphatic rings. The Bertz CT molecular complexity index is 651. The highest BCUT2D eigenvalue weighted by molar-refractivity contribution is 6.43. The van der Waals surface area contributed by atoms with Crippen LogP contribution in [-0.4, -0.2) is 15.9 Å². The van der Waals surface area contributed by atoms with Crippen LogP contribution in [0.5, 0.6) is 0 Å². The molecule has 0 saturated carbocycles. The molecule has 0 atom stereocenters. The van der Waals surface area contributed by atoms with Crippen molar-refractivity contribution in [3.63, 3.8) is 0 Å². The van der Waals surface area contributed by atoms with Crippen molar-refractivity contribution in [3.05, 3.63) is 51.1 Å². The van der Waals surface area contributed by atoms with Crippen molar-refractivity contribution in [2.75, 3.05) is 5.32 Å². The first-order valence-electron chi connectivity index (χ1n) is 4.91. The summed E-state index contributed by atoms with van der Waals surface area (Å²) in [6, 6.07) is 3.62. The third kappa shape index (κ3) is 3.12. The standard InChI is InChI=1S/C11H5Cl3FN3O/c12-5-1-2-7(15)6(3-5)11(19)18-10-8(13)9(14)16-4-17-10/h1-4H,(H,16,17,18,19). The third-order valence-electron chi connectivity index (χ3n) is 2.15. The van der Waals surface area contributed by atoms with Crippen molar-refractivity contribution in [1.82, 2.24) is 9.97 Å². The fourth-order valence-corrected chi connectivity index (χ4v) is 1.73. The van der Waals surface area contributed by atoms with E-state index in [9.17, 15) is 9.18 Å². The number of aromatic nitrogens is 2. The quantitative estimate of drug-likeness (QED) is 0.856. The maximum Gasteiger partial charge on any atom is 0.259 e. The van der Waals surface area contributed by atoms with Gasteiger partial charge in [-0.3, -0.25) is 4.79 Å². The number of benzene rings is 1. The number of rotatable bonds is 2. The molecular weight excluding hydrogens is 315 g/mol. The zero-order valence-electron chi connectivity index (χ0n) is 9.12. The van der Waals surface area contributed by atoms with E-state index >= 15 is 0 Å². The third-order valence-corrected chi connectivity index (χ3v) is 3.13. The molecule has 98 valence electrons. The van der Waals surface area contributed by atoms with Crippen molar-refractivity contribution in [2.24, 2.45) is 0 Å². The van der Waals surface area contributed by atoms with Crippen LogP contribution in [0.1, 0.15) is 10.4 Å². The monoisotopic (exact) mass is 319 g/mol. The van der Waals surface area contributed by atoms with Gasteiger partial charge in [0.25, 0.3) is 5.91 Å². The molecule has 0 bridgehead atoms. The van der Waals surface area contributed by atoms with E-state index in [1.807, 2.05) is 0 Å². The molecule has 0 fully saturated rings. The van der Waals surface area contributed by atoms with E-state index in [0.717, 1.165) is 12.4 Å². The lowest BCUT2D eigenvalue weighted by molar-refractivity contribution is 0.102. The summed E-state index contributed by atoms with van der Waals surface area (Å²) in [6.07, 6.45) is 1.12. The summed E-state index contributed by atoms with van der Waals surface area (Å²) in [6.45, 7) is 0. The molecule has 1 aromatic carbocycles. The summed E-state index contributed by atoms with van der Waals surface area (Å²) >= 11 is 17.2. The first kappa shape index (κ1) is 14.0. The topological polar surface area (TPSA) is 54.9 Å². The second-order valence-corrected chi connectivity index (χ2v) is 4.58. The number of nitrogens with zero attached hydrogens (tertiary/aromatic N) is 2. The zero-order chi connectivity index (χ0) is 14.0. The number of nitrogens with one attached hydrogen (secondary N) is 1. The minimum atomic E-state index is -0.739. The van der Waals surface area contributed by atoms with Crippen LogP contribution in [0.15, 0.2) is 24.5 Å². The average molecular weight is 321 g/mol. The van der Waals surface area contributed by atoms with Gasteiger partial charge in [0.2, 0.25) is 0 Å². The molecule has 1 heterocycles. The molecule has 0 radical (unpaired) electrons. The summed E-state index contributed by atoms with van der Waals surface area (Å²) in [5, 5.41) is 2.52. The average Bonchev–Trinajstić information content (AvgIpc) is 2.38. The minimum Gasteiger partial charge on any atom is -0.305 e. The summed E-state index contributed by atoms with van der Waals surface area (Å²) in [4.78, 5) is 19.2. The van der Waals surface area contributed by atoms with Gasteiger partial charge in [-0.25, -0.2) is 14.4 Å². The number of anilines is 1. The Morgan fingerprint density at radius 1 is 1.21 bits per heavy atom. The molecule has 4 nitrogen and oxygen atoms in total. The molecule has 1 N–H and O–H groups in total. The first-order valence-corrected chi connectivity index (χ1v) is 6.05. The molecule has 2 aromatic rings. The van der Waals surface area contributed by atoms with Gasteiger partial charge in [0.15, 0.2) is 11.0 Å². The number of halogens is 4. The number of carbonyl (C=O) groups is 1. The van der Waals surface area contributed by atoms with Crippen LogP contribution in [0.25, 0.3) is 0 Å². The van der Waals surface area contributed by atoms with Crippen molar-refractivity contribution >= 4 is 46.5 Å². The fraction of sp³-hybridized carbons (Fsp3) is 0. The van der Waals surface area contributed by atoms with E-state index in [4.69, 9.17) is 34.8 Å². The van der Waals surface area contributed by atoms with Gasteiger partial charge in [0, 0.05) is 5.02 Å². The number of amides is 1. The molecule has 19 heavy (non-hydrogen) atoms. The van der Waals surface area contributed by atoms with Crippen molar-refractivity contribution in [1.29, 1.82) is 0 Å². The smallest absolute Gasteiger partial charge is 0.259 e. The van der Waals surface area contributed by atoms with Gasteiger partial charge in [-0.1, -0.05) is 34.8 Å². The molecular formula is C11H5Cl3FN3O. The van der Waals surface area contributed by atoms with Crippen LogP contribution in [0.3, 0.4) is 0 Å². The normalized spacial score (nSPS) is 10.3. The van der Waals surface area contributed by atoms with E-state index in [1.165, 1.54) is 12.1 Å². The molecule has 0 spiro atoms. The van der Waals surface area contributed by atoms with Gasteiger partial charge in [-0.15, -0.1) is 0 Å². The molecule has 0 unspecified atom stereocenters. The molecule has 0 saturated heterocycles. The van der Waals surface area contributed by atoms with Gasteiger partial charge in [-0.2, -0.15) is 0 Å². The maximum atomic E-state index is 13.5. The lowest BCUT2D eigenvalue weighted by atomic mass is 10.2. The lowest BCUT2D eigenvalue weighted by Gasteiger charge is -2.07. The first-order chi connectivity index (χ1) is 8.99. The van der Waals surface area contributed by atoms with E-state index in [0.29, 0.717) is 0 Å². The van der Waals surface area contributed by atoms with E-state index < -0.39 is 11.7 Å². The van der Waals surface area contributed by atoms with E-state index in [2.05, 4.69) is 15.3 Å². The molecule has 2 rings (SSSR count). The zero-order valence-corrected chi connectivity index (χ0v) is 11.4. The van der Waals surface area contributed by atoms with E-state index in [-0.39, 0.29) is 26.6 Å². The van der Waals surface area contributed by atoms with Crippen molar-refractivity contribution in [2.45, 2.75) is 0 Å². The van der Waals surface area contributed by atoms with Crippen LogP contribution in [0, 0.1) is 5.82 Å². The Hall–Kier alpha value is -1.43. The highest BCUT2D eigenvalue weighted by Gasteiger charge is 2.15. The molecule has 1 aromatic heterocycles. The van der Waals surface area contributed by atoms with Crippen molar-refractivity contribution in [3.8, 4) is 0 Å². The van der Waals surface area contributed by atoms with Crippen LogP contribution in [0.2, 0.25) is 15.2 Å². The second-order valence-electron chi connectivity index (χ2n) is 3.41. The summed E-state index contributed by atoms with van der Waals surface area (Å²) < 4.78 is 13.5. The highest BCUT2D eigenvalue weighted by atomic mass is 35.5.